The van der Waals surface area contributed by atoms with Crippen molar-refractivity contribution in [2.24, 2.45) is 11.8 Å². The van der Waals surface area contributed by atoms with Crippen LogP contribution in [0, 0.1) is 11.8 Å². The average molecular weight is 439 g/mol. The van der Waals surface area contributed by atoms with Gasteiger partial charge in [0.1, 0.15) is 11.7 Å². The SMILES string of the molecule is C[C@H]1CN([C@@H](C)CO)C(=O)c2cc(-c3cccnc3)cnc2O[C@@H]1CN(C)C(=O)C1CC1. The number of aliphatic hydroxyl groups excluding tert-OH is 1. The van der Waals surface area contributed by atoms with Crippen LogP contribution in [0.1, 0.15) is 37.0 Å². The summed E-state index contributed by atoms with van der Waals surface area (Å²) in [6.45, 7) is 4.50. The molecule has 170 valence electrons. The summed E-state index contributed by atoms with van der Waals surface area (Å²) in [6.07, 6.45) is 6.64. The van der Waals surface area contributed by atoms with Gasteiger partial charge in [-0.05, 0) is 31.9 Å². The van der Waals surface area contributed by atoms with E-state index >= 15 is 0 Å². The number of pyridine rings is 2. The Kier molecular flexibility index (Phi) is 6.41. The molecule has 1 fully saturated rings. The van der Waals surface area contributed by atoms with E-state index in [9.17, 15) is 14.7 Å². The highest BCUT2D eigenvalue weighted by atomic mass is 16.5. The molecule has 0 spiro atoms. The van der Waals surface area contributed by atoms with Gasteiger partial charge >= 0.3 is 0 Å². The number of nitrogens with zero attached hydrogens (tertiary/aromatic N) is 4. The van der Waals surface area contributed by atoms with Gasteiger partial charge in [0.15, 0.2) is 0 Å². The molecule has 4 rings (SSSR count). The number of rotatable bonds is 6. The maximum atomic E-state index is 13.5. The second-order valence-corrected chi connectivity index (χ2v) is 8.93. The predicted molar refractivity (Wildman–Crippen MR) is 119 cm³/mol. The van der Waals surface area contributed by atoms with Crippen LogP contribution in [0.2, 0.25) is 0 Å². The van der Waals surface area contributed by atoms with Crippen LogP contribution in [0.15, 0.2) is 36.8 Å². The van der Waals surface area contributed by atoms with Crippen LogP contribution >= 0.6 is 0 Å². The first-order valence-electron chi connectivity index (χ1n) is 11.1. The summed E-state index contributed by atoms with van der Waals surface area (Å²) in [7, 11) is 1.80. The minimum atomic E-state index is -0.357. The Labute approximate surface area is 188 Å². The van der Waals surface area contributed by atoms with Gasteiger partial charge in [-0.3, -0.25) is 14.6 Å². The van der Waals surface area contributed by atoms with Crippen molar-refractivity contribution >= 4 is 11.8 Å². The zero-order valence-corrected chi connectivity index (χ0v) is 18.8. The van der Waals surface area contributed by atoms with Crippen LogP contribution in [-0.4, -0.2) is 75.6 Å². The van der Waals surface area contributed by atoms with E-state index in [4.69, 9.17) is 4.74 Å². The Balaban J connectivity index is 1.69. The third-order valence-electron chi connectivity index (χ3n) is 6.27. The van der Waals surface area contributed by atoms with Gasteiger partial charge in [0.05, 0.1) is 19.2 Å². The van der Waals surface area contributed by atoms with Crippen LogP contribution in [0.5, 0.6) is 5.88 Å². The van der Waals surface area contributed by atoms with Crippen molar-refractivity contribution in [1.29, 1.82) is 0 Å². The summed E-state index contributed by atoms with van der Waals surface area (Å²) in [5.41, 5.74) is 1.95. The number of amides is 2. The molecule has 1 aliphatic carbocycles. The van der Waals surface area contributed by atoms with Gasteiger partial charge in [-0.25, -0.2) is 4.98 Å². The molecular formula is C24H30N4O4. The molecule has 2 aromatic rings. The molecule has 32 heavy (non-hydrogen) atoms. The van der Waals surface area contributed by atoms with Gasteiger partial charge in [-0.15, -0.1) is 0 Å². The minimum Gasteiger partial charge on any atom is -0.472 e. The standard InChI is InChI=1S/C24H30N4O4/c1-15-12-28(16(2)14-29)24(31)20-9-19(18-5-4-8-25-10-18)11-26-22(20)32-21(15)13-27(3)23(30)17-6-7-17/h4-5,8-11,15-17,21,29H,6-7,12-14H2,1-3H3/t15-,16-,21+/m0/s1. The smallest absolute Gasteiger partial charge is 0.259 e. The van der Waals surface area contributed by atoms with Crippen LogP contribution in [0.25, 0.3) is 11.1 Å². The van der Waals surface area contributed by atoms with Crippen molar-refractivity contribution in [1.82, 2.24) is 19.8 Å². The summed E-state index contributed by atoms with van der Waals surface area (Å²) < 4.78 is 6.26. The molecule has 1 saturated carbocycles. The van der Waals surface area contributed by atoms with E-state index < -0.39 is 0 Å². The van der Waals surface area contributed by atoms with E-state index in [-0.39, 0.29) is 48.3 Å². The first kappa shape index (κ1) is 22.2. The number of carbonyl (C=O) groups is 2. The van der Waals surface area contributed by atoms with E-state index in [0.717, 1.165) is 24.0 Å². The largest absolute Gasteiger partial charge is 0.472 e. The van der Waals surface area contributed by atoms with Crippen molar-refractivity contribution in [3.8, 4) is 17.0 Å². The third-order valence-corrected chi connectivity index (χ3v) is 6.27. The molecule has 3 atom stereocenters. The Morgan fingerprint density at radius 3 is 2.78 bits per heavy atom. The molecule has 3 heterocycles. The highest BCUT2D eigenvalue weighted by molar-refractivity contribution is 5.98. The van der Waals surface area contributed by atoms with Crippen molar-refractivity contribution in [2.75, 3.05) is 26.7 Å². The number of hydrogen-bond acceptors (Lipinski definition) is 6. The van der Waals surface area contributed by atoms with E-state index in [2.05, 4.69) is 9.97 Å². The molecule has 2 aliphatic rings. The molecule has 0 bridgehead atoms. The highest BCUT2D eigenvalue weighted by Gasteiger charge is 2.37. The average Bonchev–Trinajstić information content (AvgIpc) is 3.66. The molecule has 0 saturated heterocycles. The number of aromatic nitrogens is 2. The van der Waals surface area contributed by atoms with Crippen molar-refractivity contribution in [3.63, 3.8) is 0 Å². The Bertz CT molecular complexity index is 979. The fraction of sp³-hybridized carbons (Fsp3) is 0.500. The van der Waals surface area contributed by atoms with Crippen LogP contribution in [0.4, 0.5) is 0 Å². The summed E-state index contributed by atoms with van der Waals surface area (Å²) in [4.78, 5) is 38.0. The zero-order valence-electron chi connectivity index (χ0n) is 18.8. The number of fused-ring (bicyclic) bond motifs is 1. The van der Waals surface area contributed by atoms with E-state index in [1.807, 2.05) is 26.0 Å². The summed E-state index contributed by atoms with van der Waals surface area (Å²) in [5, 5.41) is 9.78. The van der Waals surface area contributed by atoms with Crippen molar-refractivity contribution in [2.45, 2.75) is 38.8 Å². The molecule has 8 nitrogen and oxygen atoms in total. The predicted octanol–water partition coefficient (Wildman–Crippen LogP) is 2.23. The lowest BCUT2D eigenvalue weighted by Gasteiger charge is -2.37. The van der Waals surface area contributed by atoms with E-state index in [0.29, 0.717) is 18.7 Å². The quantitative estimate of drug-likeness (QED) is 0.743. The molecule has 2 amide bonds. The monoisotopic (exact) mass is 438 g/mol. The van der Waals surface area contributed by atoms with Gasteiger partial charge in [-0.2, -0.15) is 0 Å². The Morgan fingerprint density at radius 1 is 1.34 bits per heavy atom. The lowest BCUT2D eigenvalue weighted by atomic mass is 9.99. The molecule has 1 N–H and O–H groups in total. The fourth-order valence-corrected chi connectivity index (χ4v) is 4.01. The third kappa shape index (κ3) is 4.60. The van der Waals surface area contributed by atoms with Crippen LogP contribution in [-0.2, 0) is 4.79 Å². The second-order valence-electron chi connectivity index (χ2n) is 8.93. The fourth-order valence-electron chi connectivity index (χ4n) is 4.01. The van der Waals surface area contributed by atoms with Gasteiger partial charge in [-0.1, -0.05) is 13.0 Å². The minimum absolute atomic E-state index is 0.0599. The number of carbonyl (C=O) groups excluding carboxylic acids is 2. The molecule has 2 aromatic heterocycles. The number of hydrogen-bond donors (Lipinski definition) is 1. The summed E-state index contributed by atoms with van der Waals surface area (Å²) in [5.74, 6) is 0.230. The molecule has 0 unspecified atom stereocenters. The first-order valence-corrected chi connectivity index (χ1v) is 11.1. The van der Waals surface area contributed by atoms with E-state index in [1.54, 1.807) is 41.5 Å². The Morgan fingerprint density at radius 2 is 2.12 bits per heavy atom. The normalized spacial score (nSPS) is 21.8. The number of aliphatic hydroxyl groups is 1. The topological polar surface area (TPSA) is 95.9 Å². The lowest BCUT2D eigenvalue weighted by Crippen LogP contribution is -2.50. The Hall–Kier alpha value is -3.00. The molecular weight excluding hydrogens is 408 g/mol. The van der Waals surface area contributed by atoms with Gasteiger partial charge < -0.3 is 19.6 Å². The second kappa shape index (κ2) is 9.24. The number of ether oxygens (including phenoxy) is 1. The maximum Gasteiger partial charge on any atom is 0.259 e. The van der Waals surface area contributed by atoms with Crippen molar-refractivity contribution < 1.29 is 19.4 Å². The summed E-state index contributed by atoms with van der Waals surface area (Å²) >= 11 is 0. The maximum absolute atomic E-state index is 13.5. The lowest BCUT2D eigenvalue weighted by molar-refractivity contribution is -0.132. The van der Waals surface area contributed by atoms with Gasteiger partial charge in [0.25, 0.3) is 5.91 Å². The van der Waals surface area contributed by atoms with E-state index in [1.165, 1.54) is 0 Å². The molecule has 1 aliphatic heterocycles. The highest BCUT2D eigenvalue weighted by Crippen LogP contribution is 2.32. The first-order chi connectivity index (χ1) is 15.4. The van der Waals surface area contributed by atoms with Crippen molar-refractivity contribution in [3.05, 3.63) is 42.4 Å². The van der Waals surface area contributed by atoms with Gasteiger partial charge in [0.2, 0.25) is 11.8 Å². The van der Waals surface area contributed by atoms with Crippen LogP contribution < -0.4 is 4.74 Å². The molecule has 0 radical (unpaired) electrons. The summed E-state index contributed by atoms with van der Waals surface area (Å²) in [6, 6.07) is 5.14. The zero-order chi connectivity index (χ0) is 22.8. The number of likely N-dealkylation sites (N-methyl/N-ethyl adjacent to an activating group) is 1. The van der Waals surface area contributed by atoms with Gasteiger partial charge in [0, 0.05) is 55.1 Å². The molecule has 0 aromatic carbocycles. The van der Waals surface area contributed by atoms with Crippen LogP contribution in [0.3, 0.4) is 0 Å². The molecule has 8 heteroatoms.